The van der Waals surface area contributed by atoms with E-state index in [9.17, 15) is 4.79 Å². The molecule has 2 aromatic rings. The number of carbonyl (C=O) groups is 1. The molecule has 0 fully saturated rings. The summed E-state index contributed by atoms with van der Waals surface area (Å²) in [7, 11) is 0. The predicted octanol–water partition coefficient (Wildman–Crippen LogP) is 2.47. The molecule has 0 radical (unpaired) electrons. The molecule has 88 valence electrons. The number of rotatable bonds is 3. The van der Waals surface area contributed by atoms with Crippen LogP contribution in [0.25, 0.3) is 10.8 Å². The van der Waals surface area contributed by atoms with Crippen molar-refractivity contribution in [1.29, 1.82) is 0 Å². The summed E-state index contributed by atoms with van der Waals surface area (Å²) in [5.41, 5.74) is 1.98. The van der Waals surface area contributed by atoms with Crippen LogP contribution in [0.2, 0.25) is 0 Å². The molecule has 0 saturated carbocycles. The SMILES string of the molecule is Cc1ccc2cc(NC(=O)CCO)ccc2c1. The lowest BCUT2D eigenvalue weighted by Crippen LogP contribution is -2.12. The Morgan fingerprint density at radius 2 is 1.88 bits per heavy atom. The van der Waals surface area contributed by atoms with Gasteiger partial charge in [0.25, 0.3) is 0 Å². The second-order valence-electron chi connectivity index (χ2n) is 4.09. The molecule has 3 nitrogen and oxygen atoms in total. The summed E-state index contributed by atoms with van der Waals surface area (Å²) < 4.78 is 0. The average Bonchev–Trinajstić information content (AvgIpc) is 2.29. The van der Waals surface area contributed by atoms with Gasteiger partial charge in [0.2, 0.25) is 5.91 Å². The van der Waals surface area contributed by atoms with Crippen LogP contribution in [0.15, 0.2) is 36.4 Å². The van der Waals surface area contributed by atoms with Gasteiger partial charge in [0.1, 0.15) is 0 Å². The normalized spacial score (nSPS) is 10.5. The lowest BCUT2D eigenvalue weighted by Gasteiger charge is -2.06. The molecule has 0 spiro atoms. The lowest BCUT2D eigenvalue weighted by molar-refractivity contribution is -0.116. The molecule has 3 heteroatoms. The molecule has 0 atom stereocenters. The van der Waals surface area contributed by atoms with E-state index in [0.717, 1.165) is 16.5 Å². The quantitative estimate of drug-likeness (QED) is 0.849. The first-order chi connectivity index (χ1) is 8.19. The van der Waals surface area contributed by atoms with Gasteiger partial charge in [0, 0.05) is 5.69 Å². The second-order valence-corrected chi connectivity index (χ2v) is 4.09. The number of aliphatic hydroxyl groups excluding tert-OH is 1. The third kappa shape index (κ3) is 2.82. The maximum absolute atomic E-state index is 11.3. The second kappa shape index (κ2) is 4.97. The molecule has 1 amide bonds. The highest BCUT2D eigenvalue weighted by atomic mass is 16.3. The zero-order valence-corrected chi connectivity index (χ0v) is 9.73. The summed E-state index contributed by atoms with van der Waals surface area (Å²) in [6.45, 7) is 1.93. The molecule has 17 heavy (non-hydrogen) atoms. The van der Waals surface area contributed by atoms with Gasteiger partial charge in [-0.1, -0.05) is 29.8 Å². The minimum Gasteiger partial charge on any atom is -0.396 e. The number of fused-ring (bicyclic) bond motifs is 1. The largest absolute Gasteiger partial charge is 0.396 e. The summed E-state index contributed by atoms with van der Waals surface area (Å²) in [4.78, 5) is 11.3. The van der Waals surface area contributed by atoms with Crippen LogP contribution in [0.5, 0.6) is 0 Å². The Hall–Kier alpha value is -1.87. The number of carbonyl (C=O) groups excluding carboxylic acids is 1. The third-order valence-electron chi connectivity index (χ3n) is 2.62. The van der Waals surface area contributed by atoms with E-state index in [1.807, 2.05) is 30.3 Å². The van der Waals surface area contributed by atoms with Gasteiger partial charge >= 0.3 is 0 Å². The molecule has 2 N–H and O–H groups in total. The highest BCUT2D eigenvalue weighted by Gasteiger charge is 2.02. The van der Waals surface area contributed by atoms with E-state index < -0.39 is 0 Å². The van der Waals surface area contributed by atoms with E-state index in [-0.39, 0.29) is 18.9 Å². The monoisotopic (exact) mass is 229 g/mol. The summed E-state index contributed by atoms with van der Waals surface area (Å²) in [6.07, 6.45) is 0.131. The summed E-state index contributed by atoms with van der Waals surface area (Å²) in [5, 5.41) is 13.7. The van der Waals surface area contributed by atoms with Crippen LogP contribution in [0.1, 0.15) is 12.0 Å². The van der Waals surface area contributed by atoms with Crippen LogP contribution in [0.4, 0.5) is 5.69 Å². The van der Waals surface area contributed by atoms with E-state index in [1.165, 1.54) is 5.56 Å². The number of amides is 1. The summed E-state index contributed by atoms with van der Waals surface area (Å²) in [6, 6.07) is 12.0. The fourth-order valence-electron chi connectivity index (χ4n) is 1.77. The van der Waals surface area contributed by atoms with Crippen LogP contribution in [-0.2, 0) is 4.79 Å². The molecular weight excluding hydrogens is 214 g/mol. The van der Waals surface area contributed by atoms with Crippen molar-refractivity contribution in [2.45, 2.75) is 13.3 Å². The van der Waals surface area contributed by atoms with Gasteiger partial charge in [-0.15, -0.1) is 0 Å². The van der Waals surface area contributed by atoms with Crippen molar-refractivity contribution < 1.29 is 9.90 Å². The van der Waals surface area contributed by atoms with Crippen molar-refractivity contribution in [2.24, 2.45) is 0 Å². The van der Waals surface area contributed by atoms with E-state index in [4.69, 9.17) is 5.11 Å². The van der Waals surface area contributed by atoms with E-state index >= 15 is 0 Å². The molecule has 0 bridgehead atoms. The Morgan fingerprint density at radius 3 is 2.65 bits per heavy atom. The summed E-state index contributed by atoms with van der Waals surface area (Å²) >= 11 is 0. The first-order valence-corrected chi connectivity index (χ1v) is 5.60. The molecule has 2 aromatic carbocycles. The maximum Gasteiger partial charge on any atom is 0.226 e. The van der Waals surface area contributed by atoms with Gasteiger partial charge < -0.3 is 10.4 Å². The Labute approximate surface area is 100 Å². The van der Waals surface area contributed by atoms with Crippen molar-refractivity contribution in [3.63, 3.8) is 0 Å². The number of benzene rings is 2. The molecule has 0 heterocycles. The van der Waals surface area contributed by atoms with Gasteiger partial charge in [-0.3, -0.25) is 4.79 Å². The van der Waals surface area contributed by atoms with Crippen molar-refractivity contribution in [3.05, 3.63) is 42.0 Å². The fraction of sp³-hybridized carbons (Fsp3) is 0.214. The zero-order chi connectivity index (χ0) is 12.3. The average molecular weight is 229 g/mol. The predicted molar refractivity (Wildman–Crippen MR) is 69.0 cm³/mol. The zero-order valence-electron chi connectivity index (χ0n) is 9.73. The van der Waals surface area contributed by atoms with Gasteiger partial charge in [-0.2, -0.15) is 0 Å². The first kappa shape index (κ1) is 11.6. The van der Waals surface area contributed by atoms with Crippen molar-refractivity contribution in [3.8, 4) is 0 Å². The lowest BCUT2D eigenvalue weighted by atomic mass is 10.1. The van der Waals surface area contributed by atoms with Gasteiger partial charge in [0.15, 0.2) is 0 Å². The van der Waals surface area contributed by atoms with Crippen molar-refractivity contribution >= 4 is 22.4 Å². The number of hydrogen-bond acceptors (Lipinski definition) is 2. The highest BCUT2D eigenvalue weighted by Crippen LogP contribution is 2.20. The minimum absolute atomic E-state index is 0.126. The van der Waals surface area contributed by atoms with E-state index in [0.29, 0.717) is 0 Å². The number of hydrogen-bond donors (Lipinski definition) is 2. The van der Waals surface area contributed by atoms with Crippen LogP contribution in [0, 0.1) is 6.92 Å². The van der Waals surface area contributed by atoms with Crippen LogP contribution < -0.4 is 5.32 Å². The molecular formula is C14H15NO2. The number of anilines is 1. The van der Waals surface area contributed by atoms with Gasteiger partial charge in [0.05, 0.1) is 13.0 Å². The van der Waals surface area contributed by atoms with Gasteiger partial charge in [-0.05, 0) is 29.8 Å². The van der Waals surface area contributed by atoms with Gasteiger partial charge in [-0.25, -0.2) is 0 Å². The smallest absolute Gasteiger partial charge is 0.226 e. The van der Waals surface area contributed by atoms with E-state index in [2.05, 4.69) is 18.3 Å². The number of aryl methyl sites for hydroxylation is 1. The Kier molecular flexibility index (Phi) is 3.40. The third-order valence-corrected chi connectivity index (χ3v) is 2.62. The van der Waals surface area contributed by atoms with E-state index in [1.54, 1.807) is 0 Å². The summed E-state index contributed by atoms with van der Waals surface area (Å²) in [5.74, 6) is -0.168. The molecule has 2 rings (SSSR count). The maximum atomic E-state index is 11.3. The molecule has 0 aliphatic rings. The Balaban J connectivity index is 2.26. The number of nitrogens with one attached hydrogen (secondary N) is 1. The topological polar surface area (TPSA) is 49.3 Å². The molecule has 0 aromatic heterocycles. The molecule has 0 unspecified atom stereocenters. The molecule has 0 aliphatic heterocycles. The Morgan fingerprint density at radius 1 is 1.18 bits per heavy atom. The number of aliphatic hydroxyl groups is 1. The van der Waals surface area contributed by atoms with Crippen LogP contribution in [-0.4, -0.2) is 17.6 Å². The first-order valence-electron chi connectivity index (χ1n) is 5.60. The highest BCUT2D eigenvalue weighted by molar-refractivity contribution is 5.94. The van der Waals surface area contributed by atoms with Crippen LogP contribution >= 0.6 is 0 Å². The van der Waals surface area contributed by atoms with Crippen LogP contribution in [0.3, 0.4) is 0 Å². The molecule has 0 aliphatic carbocycles. The molecule has 0 saturated heterocycles. The Bertz CT molecular complexity index is 549. The fourth-order valence-corrected chi connectivity index (χ4v) is 1.77. The minimum atomic E-state index is -0.168. The van der Waals surface area contributed by atoms with Crippen molar-refractivity contribution in [1.82, 2.24) is 0 Å². The standard InChI is InChI=1S/C14H15NO2/c1-10-2-3-12-9-13(5-4-11(12)8-10)15-14(17)6-7-16/h2-5,8-9,16H,6-7H2,1H3,(H,15,17). The van der Waals surface area contributed by atoms with Crippen molar-refractivity contribution in [2.75, 3.05) is 11.9 Å².